The lowest BCUT2D eigenvalue weighted by Gasteiger charge is -2.02. The Labute approximate surface area is 123 Å². The number of H-pyrrole nitrogens is 1. The van der Waals surface area contributed by atoms with Crippen LogP contribution < -0.4 is 5.56 Å². The number of hydrogen-bond acceptors (Lipinski definition) is 5. The molecule has 2 aromatic rings. The van der Waals surface area contributed by atoms with E-state index < -0.39 is 11.5 Å². The third-order valence-corrected chi connectivity index (χ3v) is 3.54. The number of carboxylic acids is 1. The number of rotatable bonds is 6. The number of nitrogens with zero attached hydrogens (tertiary/aromatic N) is 2. The second kappa shape index (κ2) is 6.98. The van der Waals surface area contributed by atoms with Crippen LogP contribution in [-0.4, -0.2) is 26.3 Å². The second-order valence-electron chi connectivity index (χ2n) is 4.21. The van der Waals surface area contributed by atoms with E-state index in [1.54, 1.807) is 12.1 Å². The molecule has 1 aromatic heterocycles. The molecule has 0 aliphatic rings. The summed E-state index contributed by atoms with van der Waals surface area (Å²) in [5, 5.41) is 16.5. The van der Waals surface area contributed by atoms with Gasteiger partial charge < -0.3 is 5.11 Å². The molecule has 110 valence electrons. The quantitative estimate of drug-likeness (QED) is 0.787. The number of hydrogen-bond donors (Lipinski definition) is 2. The van der Waals surface area contributed by atoms with Crippen LogP contribution in [0.2, 0.25) is 0 Å². The maximum Gasteiger partial charge on any atom is 0.303 e. The van der Waals surface area contributed by atoms with Gasteiger partial charge in [0.2, 0.25) is 0 Å². The molecular formula is C13H12FN3O3S. The van der Waals surface area contributed by atoms with E-state index in [-0.39, 0.29) is 24.4 Å². The summed E-state index contributed by atoms with van der Waals surface area (Å²) in [5.41, 5.74) is 0.551. The first-order valence-electron chi connectivity index (χ1n) is 6.09. The van der Waals surface area contributed by atoms with Gasteiger partial charge in [-0.15, -0.1) is 10.2 Å². The van der Waals surface area contributed by atoms with Crippen molar-refractivity contribution >= 4 is 17.7 Å². The molecule has 2 rings (SSSR count). The van der Waals surface area contributed by atoms with Crippen molar-refractivity contribution in [2.75, 3.05) is 0 Å². The van der Waals surface area contributed by atoms with Gasteiger partial charge in [-0.2, -0.15) is 0 Å². The summed E-state index contributed by atoms with van der Waals surface area (Å²) in [6.07, 6.45) is -0.125. The second-order valence-corrected chi connectivity index (χ2v) is 5.18. The molecule has 0 spiro atoms. The molecule has 8 heteroatoms. The standard InChI is InChI=1S/C13H12FN3O3S/c14-9-3-1-8(2-4-9)7-21-13-15-12(20)10(16-17-13)5-6-11(18)19/h1-4H,5-7H2,(H,18,19)(H,15,17,20). The topological polar surface area (TPSA) is 95.9 Å². The molecule has 0 aliphatic carbocycles. The van der Waals surface area contributed by atoms with Gasteiger partial charge in [0.05, 0.1) is 6.42 Å². The normalized spacial score (nSPS) is 10.5. The minimum absolute atomic E-state index is 0.0422. The van der Waals surface area contributed by atoms with E-state index in [2.05, 4.69) is 15.2 Å². The van der Waals surface area contributed by atoms with E-state index >= 15 is 0 Å². The van der Waals surface area contributed by atoms with Crippen molar-refractivity contribution in [3.63, 3.8) is 0 Å². The van der Waals surface area contributed by atoms with Crippen molar-refractivity contribution in [1.82, 2.24) is 15.2 Å². The Morgan fingerprint density at radius 3 is 2.62 bits per heavy atom. The zero-order chi connectivity index (χ0) is 15.2. The fourth-order valence-electron chi connectivity index (χ4n) is 1.53. The van der Waals surface area contributed by atoms with Crippen LogP contribution in [0.15, 0.2) is 34.2 Å². The van der Waals surface area contributed by atoms with Gasteiger partial charge in [-0.1, -0.05) is 23.9 Å². The monoisotopic (exact) mass is 309 g/mol. The maximum absolute atomic E-state index is 12.8. The summed E-state index contributed by atoms with van der Waals surface area (Å²) in [7, 11) is 0. The van der Waals surface area contributed by atoms with Crippen molar-refractivity contribution in [3.05, 3.63) is 51.7 Å². The fraction of sp³-hybridized carbons (Fsp3) is 0.231. The minimum Gasteiger partial charge on any atom is -0.481 e. The molecule has 1 aromatic carbocycles. The van der Waals surface area contributed by atoms with Gasteiger partial charge >= 0.3 is 5.97 Å². The molecule has 0 aliphatic heterocycles. The van der Waals surface area contributed by atoms with Crippen LogP contribution >= 0.6 is 11.8 Å². The number of halogens is 1. The predicted molar refractivity (Wildman–Crippen MR) is 74.6 cm³/mol. The summed E-state index contributed by atoms with van der Waals surface area (Å²) >= 11 is 1.26. The fourth-order valence-corrected chi connectivity index (χ4v) is 2.29. The smallest absolute Gasteiger partial charge is 0.303 e. The number of thioether (sulfide) groups is 1. The highest BCUT2D eigenvalue weighted by molar-refractivity contribution is 7.98. The summed E-state index contributed by atoms with van der Waals surface area (Å²) in [4.78, 5) is 24.7. The molecule has 0 unspecified atom stereocenters. The average molecular weight is 309 g/mol. The molecule has 0 saturated heterocycles. The molecule has 1 heterocycles. The average Bonchev–Trinajstić information content (AvgIpc) is 2.45. The number of aromatic amines is 1. The van der Waals surface area contributed by atoms with Crippen molar-refractivity contribution in [2.24, 2.45) is 0 Å². The van der Waals surface area contributed by atoms with Crippen LogP contribution in [0.5, 0.6) is 0 Å². The van der Waals surface area contributed by atoms with Gasteiger partial charge in [-0.3, -0.25) is 14.6 Å². The van der Waals surface area contributed by atoms with Crippen LogP contribution in [0.4, 0.5) is 4.39 Å². The van der Waals surface area contributed by atoms with Crippen molar-refractivity contribution in [3.8, 4) is 0 Å². The molecule has 0 atom stereocenters. The van der Waals surface area contributed by atoms with Gasteiger partial charge in [0.1, 0.15) is 11.5 Å². The van der Waals surface area contributed by atoms with Crippen molar-refractivity contribution < 1.29 is 14.3 Å². The third-order valence-electron chi connectivity index (χ3n) is 2.61. The molecule has 2 N–H and O–H groups in total. The SMILES string of the molecule is O=C(O)CCc1nnc(SCc2ccc(F)cc2)[nH]c1=O. The number of aliphatic carboxylic acids is 1. The zero-order valence-electron chi connectivity index (χ0n) is 10.9. The van der Waals surface area contributed by atoms with Crippen LogP contribution in [0.25, 0.3) is 0 Å². The molecular weight excluding hydrogens is 297 g/mol. The molecule has 0 fully saturated rings. The first-order valence-corrected chi connectivity index (χ1v) is 7.08. The highest BCUT2D eigenvalue weighted by atomic mass is 32.2. The predicted octanol–water partition coefficient (Wildman–Crippen LogP) is 1.61. The summed E-state index contributed by atoms with van der Waals surface area (Å²) in [5.74, 6) is -0.787. The lowest BCUT2D eigenvalue weighted by atomic mass is 10.2. The van der Waals surface area contributed by atoms with Gasteiger partial charge in [0, 0.05) is 12.2 Å². The van der Waals surface area contributed by atoms with E-state index in [1.807, 2.05) is 0 Å². The van der Waals surface area contributed by atoms with Crippen LogP contribution in [0.1, 0.15) is 17.7 Å². The van der Waals surface area contributed by atoms with Crippen LogP contribution in [0, 0.1) is 5.82 Å². The first kappa shape index (κ1) is 15.2. The largest absolute Gasteiger partial charge is 0.481 e. The van der Waals surface area contributed by atoms with Crippen molar-refractivity contribution in [2.45, 2.75) is 23.8 Å². The lowest BCUT2D eigenvalue weighted by molar-refractivity contribution is -0.136. The first-order chi connectivity index (χ1) is 10.0. The number of carbonyl (C=O) groups is 1. The van der Waals surface area contributed by atoms with Gasteiger partial charge in [-0.25, -0.2) is 4.39 Å². The number of aryl methyl sites for hydroxylation is 1. The Kier molecular flexibility index (Phi) is 5.04. The van der Waals surface area contributed by atoms with Gasteiger partial charge in [-0.05, 0) is 17.7 Å². The van der Waals surface area contributed by atoms with Crippen LogP contribution in [0.3, 0.4) is 0 Å². The summed E-state index contributed by atoms with van der Waals surface area (Å²) in [6.45, 7) is 0. The Bertz CT molecular complexity index is 688. The van der Waals surface area contributed by atoms with Crippen molar-refractivity contribution in [1.29, 1.82) is 0 Å². The van der Waals surface area contributed by atoms with E-state index in [4.69, 9.17) is 5.11 Å². The molecule has 0 amide bonds. The zero-order valence-corrected chi connectivity index (χ0v) is 11.7. The van der Waals surface area contributed by atoms with Crippen LogP contribution in [-0.2, 0) is 17.0 Å². The van der Waals surface area contributed by atoms with E-state index in [9.17, 15) is 14.0 Å². The Morgan fingerprint density at radius 1 is 1.29 bits per heavy atom. The number of carboxylic acid groups (broad SMARTS) is 1. The van der Waals surface area contributed by atoms with E-state index in [0.29, 0.717) is 10.9 Å². The van der Waals surface area contributed by atoms with Gasteiger partial charge in [0.15, 0.2) is 5.16 Å². The highest BCUT2D eigenvalue weighted by Gasteiger charge is 2.08. The summed E-state index contributed by atoms with van der Waals surface area (Å²) < 4.78 is 12.8. The highest BCUT2D eigenvalue weighted by Crippen LogP contribution is 2.17. The molecule has 6 nitrogen and oxygen atoms in total. The Balaban J connectivity index is 1.98. The van der Waals surface area contributed by atoms with E-state index in [0.717, 1.165) is 5.56 Å². The third kappa shape index (κ3) is 4.67. The lowest BCUT2D eigenvalue weighted by Crippen LogP contribution is -2.18. The Morgan fingerprint density at radius 2 is 2.00 bits per heavy atom. The number of benzene rings is 1. The molecule has 21 heavy (non-hydrogen) atoms. The van der Waals surface area contributed by atoms with E-state index in [1.165, 1.54) is 23.9 Å². The minimum atomic E-state index is -0.994. The molecule has 0 bridgehead atoms. The maximum atomic E-state index is 12.8. The Hall–Kier alpha value is -2.22. The summed E-state index contributed by atoms with van der Waals surface area (Å²) in [6, 6.07) is 6.02. The molecule has 0 saturated carbocycles. The number of aromatic nitrogens is 3. The van der Waals surface area contributed by atoms with Gasteiger partial charge in [0.25, 0.3) is 5.56 Å². The number of nitrogens with one attached hydrogen (secondary N) is 1. The molecule has 0 radical (unpaired) electrons.